The highest BCUT2D eigenvalue weighted by Crippen LogP contribution is 2.34. The van der Waals surface area contributed by atoms with E-state index in [0.717, 1.165) is 5.56 Å². The van der Waals surface area contributed by atoms with Crippen LogP contribution in [-0.2, 0) is 10.2 Å². The van der Waals surface area contributed by atoms with Crippen molar-refractivity contribution in [2.75, 3.05) is 0 Å². The van der Waals surface area contributed by atoms with E-state index in [-0.39, 0.29) is 11.8 Å². The molecule has 0 aliphatic rings. The Hall–Kier alpha value is -1.83. The highest BCUT2D eigenvalue weighted by molar-refractivity contribution is 5.90. The average Bonchev–Trinajstić information content (AvgIpc) is 2.27. The molecule has 0 amide bonds. The van der Waals surface area contributed by atoms with E-state index in [0.29, 0.717) is 0 Å². The smallest absolute Gasteiger partial charge is 0.304 e. The van der Waals surface area contributed by atoms with Gasteiger partial charge in [0.05, 0.1) is 6.42 Å². The number of rotatable bonds is 3. The molecule has 0 spiro atoms. The second-order valence-electron chi connectivity index (χ2n) is 5.43. The zero-order chi connectivity index (χ0) is 13.3. The quantitative estimate of drug-likeness (QED) is 0.886. The minimum absolute atomic E-state index is 0.139. The van der Waals surface area contributed by atoms with Gasteiger partial charge in [0.15, 0.2) is 0 Å². The first kappa shape index (κ1) is 12.6. The molecule has 0 aromatic heterocycles. The standard InChI is InChI=1S/C16H18O2/c1-11-6-4-7-12-8-5-9-13(15(11)12)16(2,3)10-14(17)18/h4-9H,10H2,1-3H3,(H,17,18). The van der Waals surface area contributed by atoms with Crippen LogP contribution in [0.2, 0.25) is 0 Å². The summed E-state index contributed by atoms with van der Waals surface area (Å²) >= 11 is 0. The van der Waals surface area contributed by atoms with E-state index in [4.69, 9.17) is 5.11 Å². The maximum atomic E-state index is 11.0. The Labute approximate surface area is 107 Å². The number of fused-ring (bicyclic) bond motifs is 1. The van der Waals surface area contributed by atoms with Crippen molar-refractivity contribution in [3.8, 4) is 0 Å². The number of carboxylic acid groups (broad SMARTS) is 1. The summed E-state index contributed by atoms with van der Waals surface area (Å²) in [6, 6.07) is 12.3. The van der Waals surface area contributed by atoms with Gasteiger partial charge >= 0.3 is 5.97 Å². The van der Waals surface area contributed by atoms with Crippen molar-refractivity contribution in [1.29, 1.82) is 0 Å². The first-order valence-electron chi connectivity index (χ1n) is 6.12. The van der Waals surface area contributed by atoms with E-state index in [1.165, 1.54) is 16.3 Å². The van der Waals surface area contributed by atoms with Gasteiger partial charge in [0.1, 0.15) is 0 Å². The van der Waals surface area contributed by atoms with Crippen LogP contribution in [0, 0.1) is 6.92 Å². The molecule has 1 N–H and O–H groups in total. The van der Waals surface area contributed by atoms with Gasteiger partial charge in [-0.05, 0) is 28.8 Å². The number of aryl methyl sites for hydroxylation is 1. The lowest BCUT2D eigenvalue weighted by molar-refractivity contribution is -0.138. The second kappa shape index (κ2) is 4.45. The molecule has 0 radical (unpaired) electrons. The van der Waals surface area contributed by atoms with Crippen LogP contribution in [0.5, 0.6) is 0 Å². The van der Waals surface area contributed by atoms with Crippen molar-refractivity contribution in [3.05, 3.63) is 47.5 Å². The molecule has 0 saturated carbocycles. The van der Waals surface area contributed by atoms with Gasteiger partial charge in [-0.15, -0.1) is 0 Å². The van der Waals surface area contributed by atoms with Crippen LogP contribution in [0.1, 0.15) is 31.4 Å². The molecular weight excluding hydrogens is 224 g/mol. The van der Waals surface area contributed by atoms with Gasteiger partial charge in [-0.1, -0.05) is 50.2 Å². The van der Waals surface area contributed by atoms with E-state index >= 15 is 0 Å². The predicted octanol–water partition coefficient (Wildman–Crippen LogP) is 3.90. The Morgan fingerprint density at radius 1 is 1.17 bits per heavy atom. The number of carbonyl (C=O) groups is 1. The van der Waals surface area contributed by atoms with Crippen LogP contribution in [0.25, 0.3) is 10.8 Å². The summed E-state index contributed by atoms with van der Waals surface area (Å²) in [5.41, 5.74) is 1.94. The van der Waals surface area contributed by atoms with Crippen molar-refractivity contribution in [2.45, 2.75) is 32.6 Å². The molecule has 2 heteroatoms. The van der Waals surface area contributed by atoms with Crippen molar-refractivity contribution in [2.24, 2.45) is 0 Å². The van der Waals surface area contributed by atoms with Crippen LogP contribution >= 0.6 is 0 Å². The molecule has 0 atom stereocenters. The zero-order valence-electron chi connectivity index (χ0n) is 11.0. The summed E-state index contributed by atoms with van der Waals surface area (Å²) in [7, 11) is 0. The normalized spacial score (nSPS) is 11.7. The highest BCUT2D eigenvalue weighted by atomic mass is 16.4. The van der Waals surface area contributed by atoms with Gasteiger partial charge in [-0.3, -0.25) is 4.79 Å². The molecule has 0 aliphatic carbocycles. The fraction of sp³-hybridized carbons (Fsp3) is 0.312. The lowest BCUT2D eigenvalue weighted by Crippen LogP contribution is -2.22. The number of benzene rings is 2. The third kappa shape index (κ3) is 2.23. The van der Waals surface area contributed by atoms with Gasteiger partial charge in [0, 0.05) is 5.41 Å². The molecule has 0 saturated heterocycles. The van der Waals surface area contributed by atoms with Crippen molar-refractivity contribution < 1.29 is 9.90 Å². The molecule has 2 nitrogen and oxygen atoms in total. The zero-order valence-corrected chi connectivity index (χ0v) is 11.0. The first-order chi connectivity index (χ1) is 8.42. The number of aliphatic carboxylic acids is 1. The minimum Gasteiger partial charge on any atom is -0.481 e. The highest BCUT2D eigenvalue weighted by Gasteiger charge is 2.26. The van der Waals surface area contributed by atoms with Gasteiger partial charge in [-0.2, -0.15) is 0 Å². The van der Waals surface area contributed by atoms with Crippen LogP contribution in [0.15, 0.2) is 36.4 Å². The summed E-state index contributed by atoms with van der Waals surface area (Å²) in [6.07, 6.45) is 0.139. The topological polar surface area (TPSA) is 37.3 Å². The fourth-order valence-corrected chi connectivity index (χ4v) is 2.57. The molecular formula is C16H18O2. The lowest BCUT2D eigenvalue weighted by Gasteiger charge is -2.25. The maximum absolute atomic E-state index is 11.0. The molecule has 0 heterocycles. The monoisotopic (exact) mass is 242 g/mol. The maximum Gasteiger partial charge on any atom is 0.304 e. The Kier molecular flexibility index (Phi) is 3.12. The molecule has 18 heavy (non-hydrogen) atoms. The van der Waals surface area contributed by atoms with Crippen LogP contribution in [0.4, 0.5) is 0 Å². The predicted molar refractivity (Wildman–Crippen MR) is 74.0 cm³/mol. The van der Waals surface area contributed by atoms with Gasteiger partial charge < -0.3 is 5.11 Å². The summed E-state index contributed by atoms with van der Waals surface area (Å²) < 4.78 is 0. The Morgan fingerprint density at radius 2 is 1.78 bits per heavy atom. The number of hydrogen-bond acceptors (Lipinski definition) is 1. The molecule has 94 valence electrons. The average molecular weight is 242 g/mol. The van der Waals surface area contributed by atoms with Crippen molar-refractivity contribution in [3.63, 3.8) is 0 Å². The molecule has 0 fully saturated rings. The number of hydrogen-bond donors (Lipinski definition) is 1. The van der Waals surface area contributed by atoms with Crippen LogP contribution in [0.3, 0.4) is 0 Å². The Balaban J connectivity index is 2.67. The second-order valence-corrected chi connectivity index (χ2v) is 5.43. The lowest BCUT2D eigenvalue weighted by atomic mass is 9.78. The third-order valence-electron chi connectivity index (χ3n) is 3.44. The molecule has 0 aliphatic heterocycles. The summed E-state index contributed by atoms with van der Waals surface area (Å²) in [5, 5.41) is 11.4. The van der Waals surface area contributed by atoms with Gasteiger partial charge in [-0.25, -0.2) is 0 Å². The Morgan fingerprint density at radius 3 is 2.39 bits per heavy atom. The summed E-state index contributed by atoms with van der Waals surface area (Å²) in [5.74, 6) is -0.759. The summed E-state index contributed by atoms with van der Waals surface area (Å²) in [4.78, 5) is 11.0. The SMILES string of the molecule is Cc1cccc2cccc(C(C)(C)CC(=O)O)c12. The molecule has 2 aromatic carbocycles. The van der Waals surface area contributed by atoms with Crippen molar-refractivity contribution in [1.82, 2.24) is 0 Å². The number of carboxylic acids is 1. The van der Waals surface area contributed by atoms with Crippen LogP contribution in [-0.4, -0.2) is 11.1 Å². The van der Waals surface area contributed by atoms with E-state index in [9.17, 15) is 4.79 Å². The van der Waals surface area contributed by atoms with E-state index < -0.39 is 5.97 Å². The molecule has 0 unspecified atom stereocenters. The van der Waals surface area contributed by atoms with E-state index in [2.05, 4.69) is 25.1 Å². The van der Waals surface area contributed by atoms with Crippen molar-refractivity contribution >= 4 is 16.7 Å². The van der Waals surface area contributed by atoms with Gasteiger partial charge in [0.2, 0.25) is 0 Å². The van der Waals surface area contributed by atoms with E-state index in [1.807, 2.05) is 32.0 Å². The third-order valence-corrected chi connectivity index (χ3v) is 3.44. The van der Waals surface area contributed by atoms with Crippen LogP contribution < -0.4 is 0 Å². The fourth-order valence-electron chi connectivity index (χ4n) is 2.57. The minimum atomic E-state index is -0.759. The Bertz CT molecular complexity index is 592. The first-order valence-corrected chi connectivity index (χ1v) is 6.12. The van der Waals surface area contributed by atoms with Gasteiger partial charge in [0.25, 0.3) is 0 Å². The summed E-state index contributed by atoms with van der Waals surface area (Å²) in [6.45, 7) is 6.05. The van der Waals surface area contributed by atoms with E-state index in [1.54, 1.807) is 0 Å². The largest absolute Gasteiger partial charge is 0.481 e. The molecule has 0 bridgehead atoms. The molecule has 2 aromatic rings. The molecule has 2 rings (SSSR count).